The zero-order valence-electron chi connectivity index (χ0n) is 20.9. The van der Waals surface area contributed by atoms with Crippen LogP contribution in [0.4, 0.5) is 0 Å². The van der Waals surface area contributed by atoms with Crippen LogP contribution in [0.25, 0.3) is 0 Å². The van der Waals surface area contributed by atoms with Crippen molar-refractivity contribution < 1.29 is 19.4 Å². The highest BCUT2D eigenvalue weighted by Crippen LogP contribution is 2.33. The molecule has 0 aromatic rings. The molecule has 1 fully saturated rings. The molecule has 0 aliphatic heterocycles. The minimum atomic E-state index is -0.839. The van der Waals surface area contributed by atoms with Crippen molar-refractivity contribution in [1.82, 2.24) is 0 Å². The summed E-state index contributed by atoms with van der Waals surface area (Å²) in [6, 6.07) is 0. The van der Waals surface area contributed by atoms with Crippen LogP contribution in [0, 0.1) is 23.7 Å². The summed E-state index contributed by atoms with van der Waals surface area (Å²) in [6.45, 7) is 8.97. The van der Waals surface area contributed by atoms with Gasteiger partial charge in [-0.25, -0.2) is 0 Å². The Balaban J connectivity index is 2.56. The predicted molar refractivity (Wildman–Crippen MR) is 128 cm³/mol. The second-order valence-electron chi connectivity index (χ2n) is 10.2. The topological polar surface area (TPSA) is 63.6 Å². The van der Waals surface area contributed by atoms with Crippen LogP contribution in [-0.4, -0.2) is 23.1 Å². The van der Waals surface area contributed by atoms with Gasteiger partial charge in [-0.05, 0) is 50.4 Å². The third kappa shape index (κ3) is 11.4. The second kappa shape index (κ2) is 16.6. The summed E-state index contributed by atoms with van der Waals surface area (Å²) < 4.78 is 6.09. The van der Waals surface area contributed by atoms with Crippen molar-refractivity contribution >= 4 is 11.9 Å². The molecule has 4 unspecified atom stereocenters. The first kappa shape index (κ1) is 28.0. The fraction of sp³-hybridized carbons (Fsp3) is 0.926. The molecule has 1 rings (SSSR count). The molecule has 1 N–H and O–H groups in total. The Morgan fingerprint density at radius 2 is 1.42 bits per heavy atom. The number of unbranched alkanes of at least 4 members (excludes halogenated alkanes) is 6. The molecule has 4 atom stereocenters. The first-order valence-electron chi connectivity index (χ1n) is 13.3. The van der Waals surface area contributed by atoms with Crippen LogP contribution < -0.4 is 0 Å². The Morgan fingerprint density at radius 1 is 0.839 bits per heavy atom. The van der Waals surface area contributed by atoms with Crippen molar-refractivity contribution in [1.29, 1.82) is 0 Å². The van der Waals surface area contributed by atoms with Crippen molar-refractivity contribution in [2.75, 3.05) is 0 Å². The molecule has 0 spiro atoms. The number of esters is 1. The Bertz CT molecular complexity index is 488. The Kier molecular flexibility index (Phi) is 14.9. The SMILES string of the molecule is CCCCC(CC)C(CCCCCCCCC(C)C)OC(=O)C1CCCCC1C(=O)O. The van der Waals surface area contributed by atoms with E-state index in [4.69, 9.17) is 4.74 Å². The monoisotopic (exact) mass is 438 g/mol. The summed E-state index contributed by atoms with van der Waals surface area (Å²) >= 11 is 0. The van der Waals surface area contributed by atoms with Crippen molar-refractivity contribution in [2.24, 2.45) is 23.7 Å². The first-order chi connectivity index (χ1) is 14.9. The van der Waals surface area contributed by atoms with Gasteiger partial charge < -0.3 is 9.84 Å². The number of aliphatic carboxylic acids is 1. The molecule has 1 saturated carbocycles. The molecule has 182 valence electrons. The van der Waals surface area contributed by atoms with Crippen molar-refractivity contribution in [3.05, 3.63) is 0 Å². The van der Waals surface area contributed by atoms with Crippen LogP contribution in [0.1, 0.15) is 130 Å². The van der Waals surface area contributed by atoms with Gasteiger partial charge in [0.1, 0.15) is 6.10 Å². The number of hydrogen-bond donors (Lipinski definition) is 1. The lowest BCUT2D eigenvalue weighted by Gasteiger charge is -2.31. The van der Waals surface area contributed by atoms with Gasteiger partial charge in [0.25, 0.3) is 0 Å². The Labute approximate surface area is 191 Å². The standard InChI is InChI=1S/C27H50O4/c1-5-7-17-22(6-2)25(20-13-11-9-8-10-12-16-21(3)4)31-27(30)24-19-15-14-18-23(24)26(28)29/h21-25H,5-20H2,1-4H3,(H,28,29). The summed E-state index contributed by atoms with van der Waals surface area (Å²) in [5.41, 5.74) is 0. The van der Waals surface area contributed by atoms with E-state index < -0.39 is 17.8 Å². The highest BCUT2D eigenvalue weighted by Gasteiger charge is 2.38. The van der Waals surface area contributed by atoms with Gasteiger partial charge in [0.2, 0.25) is 0 Å². The maximum absolute atomic E-state index is 13.0. The van der Waals surface area contributed by atoms with E-state index in [1.54, 1.807) is 0 Å². The first-order valence-corrected chi connectivity index (χ1v) is 13.3. The molecule has 4 nitrogen and oxygen atoms in total. The van der Waals surface area contributed by atoms with E-state index in [-0.39, 0.29) is 12.1 Å². The van der Waals surface area contributed by atoms with Gasteiger partial charge in [0.05, 0.1) is 11.8 Å². The van der Waals surface area contributed by atoms with Crippen LogP contribution in [0.5, 0.6) is 0 Å². The highest BCUT2D eigenvalue weighted by atomic mass is 16.5. The molecular weight excluding hydrogens is 388 g/mol. The average molecular weight is 439 g/mol. The van der Waals surface area contributed by atoms with Crippen LogP contribution in [0.2, 0.25) is 0 Å². The van der Waals surface area contributed by atoms with Crippen molar-refractivity contribution in [3.8, 4) is 0 Å². The minimum Gasteiger partial charge on any atom is -0.481 e. The van der Waals surface area contributed by atoms with E-state index in [9.17, 15) is 14.7 Å². The molecule has 1 aliphatic rings. The van der Waals surface area contributed by atoms with Crippen LogP contribution >= 0.6 is 0 Å². The molecule has 0 aromatic heterocycles. The number of carbonyl (C=O) groups excluding carboxylic acids is 1. The fourth-order valence-corrected chi connectivity index (χ4v) is 5.06. The van der Waals surface area contributed by atoms with E-state index in [2.05, 4.69) is 27.7 Å². The third-order valence-electron chi connectivity index (χ3n) is 7.15. The van der Waals surface area contributed by atoms with E-state index in [1.807, 2.05) is 0 Å². The molecule has 0 aromatic carbocycles. The minimum absolute atomic E-state index is 0.0543. The van der Waals surface area contributed by atoms with Gasteiger partial charge in [0, 0.05) is 0 Å². The summed E-state index contributed by atoms with van der Waals surface area (Å²) in [5.74, 6) is -0.924. The molecule has 31 heavy (non-hydrogen) atoms. The zero-order valence-corrected chi connectivity index (χ0v) is 20.9. The van der Waals surface area contributed by atoms with Gasteiger partial charge in [0.15, 0.2) is 0 Å². The van der Waals surface area contributed by atoms with Crippen molar-refractivity contribution in [3.63, 3.8) is 0 Å². The maximum Gasteiger partial charge on any atom is 0.310 e. The normalized spacial score (nSPS) is 21.1. The van der Waals surface area contributed by atoms with Gasteiger partial charge in [-0.3, -0.25) is 9.59 Å². The zero-order chi connectivity index (χ0) is 23.1. The van der Waals surface area contributed by atoms with E-state index in [1.165, 1.54) is 38.5 Å². The summed E-state index contributed by atoms with van der Waals surface area (Å²) in [7, 11) is 0. The molecule has 0 bridgehead atoms. The summed E-state index contributed by atoms with van der Waals surface area (Å²) in [5, 5.41) is 9.55. The van der Waals surface area contributed by atoms with E-state index >= 15 is 0 Å². The largest absolute Gasteiger partial charge is 0.481 e. The molecule has 4 heteroatoms. The quantitative estimate of drug-likeness (QED) is 0.186. The number of ether oxygens (including phenoxy) is 1. The molecule has 1 aliphatic carbocycles. The van der Waals surface area contributed by atoms with Crippen LogP contribution in [0.15, 0.2) is 0 Å². The summed E-state index contributed by atoms with van der Waals surface area (Å²) in [4.78, 5) is 24.6. The third-order valence-corrected chi connectivity index (χ3v) is 7.15. The second-order valence-corrected chi connectivity index (χ2v) is 10.2. The highest BCUT2D eigenvalue weighted by molar-refractivity contribution is 5.81. The number of carboxylic acid groups (broad SMARTS) is 1. The maximum atomic E-state index is 13.0. The smallest absolute Gasteiger partial charge is 0.310 e. The van der Waals surface area contributed by atoms with E-state index in [0.29, 0.717) is 18.8 Å². The van der Waals surface area contributed by atoms with E-state index in [0.717, 1.165) is 57.3 Å². The number of rotatable bonds is 17. The summed E-state index contributed by atoms with van der Waals surface area (Å²) in [6.07, 6.45) is 17.2. The molecule has 0 radical (unpaired) electrons. The molecule has 0 saturated heterocycles. The number of hydrogen-bond acceptors (Lipinski definition) is 3. The average Bonchev–Trinajstić information content (AvgIpc) is 2.75. The van der Waals surface area contributed by atoms with Gasteiger partial charge in [-0.1, -0.05) is 91.9 Å². The Hall–Kier alpha value is -1.06. The fourth-order valence-electron chi connectivity index (χ4n) is 5.06. The number of carbonyl (C=O) groups is 2. The lowest BCUT2D eigenvalue weighted by Crippen LogP contribution is -2.37. The Morgan fingerprint density at radius 3 is 1.97 bits per heavy atom. The lowest BCUT2D eigenvalue weighted by atomic mass is 9.79. The molecule has 0 amide bonds. The predicted octanol–water partition coefficient (Wildman–Crippen LogP) is 7.78. The molecule has 0 heterocycles. The van der Waals surface area contributed by atoms with Crippen LogP contribution in [-0.2, 0) is 14.3 Å². The number of carboxylic acids is 1. The van der Waals surface area contributed by atoms with Gasteiger partial charge in [-0.2, -0.15) is 0 Å². The lowest BCUT2D eigenvalue weighted by molar-refractivity contribution is -0.166. The van der Waals surface area contributed by atoms with Gasteiger partial charge in [-0.15, -0.1) is 0 Å². The van der Waals surface area contributed by atoms with Crippen molar-refractivity contribution in [2.45, 2.75) is 137 Å². The van der Waals surface area contributed by atoms with Gasteiger partial charge >= 0.3 is 11.9 Å². The van der Waals surface area contributed by atoms with Crippen LogP contribution in [0.3, 0.4) is 0 Å². The molecular formula is C27H50O4.